The maximum Gasteiger partial charge on any atom is 0.104 e. The summed E-state index contributed by atoms with van der Waals surface area (Å²) in [5, 5.41) is 0. The van der Waals surface area contributed by atoms with Gasteiger partial charge in [-0.3, -0.25) is 0 Å². The van der Waals surface area contributed by atoms with Gasteiger partial charge >= 0.3 is 0 Å². The average Bonchev–Trinajstić information content (AvgIpc) is 2.39. The van der Waals surface area contributed by atoms with E-state index in [1.54, 1.807) is 7.11 Å². The van der Waals surface area contributed by atoms with Crippen molar-refractivity contribution in [1.29, 1.82) is 0 Å². The molecule has 0 amide bonds. The Hall–Kier alpha value is -0.200. The summed E-state index contributed by atoms with van der Waals surface area (Å²) in [5.74, 6) is 0. The van der Waals surface area contributed by atoms with Crippen LogP contribution >= 0.6 is 0 Å². The second-order valence-corrected chi connectivity index (χ2v) is 4.35. The van der Waals surface area contributed by atoms with Crippen molar-refractivity contribution in [3.8, 4) is 0 Å². The zero-order valence-corrected chi connectivity index (χ0v) is 10.8. The molecule has 5 heteroatoms. The highest BCUT2D eigenvalue weighted by molar-refractivity contribution is 4.84. The molecule has 1 aliphatic heterocycles. The predicted octanol–water partition coefficient (Wildman–Crippen LogP) is 0.564. The van der Waals surface area contributed by atoms with Gasteiger partial charge in [0.2, 0.25) is 0 Å². The van der Waals surface area contributed by atoms with Crippen molar-refractivity contribution >= 4 is 0 Å². The highest BCUT2D eigenvalue weighted by atomic mass is 16.6. The molecule has 1 unspecified atom stereocenters. The van der Waals surface area contributed by atoms with Crippen molar-refractivity contribution in [3.05, 3.63) is 0 Å². The average molecular weight is 247 g/mol. The van der Waals surface area contributed by atoms with E-state index in [2.05, 4.69) is 0 Å². The largest absolute Gasteiger partial charge is 0.385 e. The number of nitrogens with two attached hydrogens (primary N) is 1. The second kappa shape index (κ2) is 8.83. The van der Waals surface area contributed by atoms with E-state index >= 15 is 0 Å². The van der Waals surface area contributed by atoms with Crippen molar-refractivity contribution < 1.29 is 18.9 Å². The van der Waals surface area contributed by atoms with Crippen LogP contribution < -0.4 is 5.73 Å². The maximum absolute atomic E-state index is 5.82. The van der Waals surface area contributed by atoms with Crippen LogP contribution in [0.25, 0.3) is 0 Å². The smallest absolute Gasteiger partial charge is 0.104 e. The van der Waals surface area contributed by atoms with E-state index in [0.717, 1.165) is 32.5 Å². The van der Waals surface area contributed by atoms with Crippen molar-refractivity contribution in [2.45, 2.75) is 24.9 Å². The van der Waals surface area contributed by atoms with Gasteiger partial charge in [-0.25, -0.2) is 0 Å². The Kier molecular flexibility index (Phi) is 7.72. The Balaban J connectivity index is 2.03. The number of ether oxygens (including phenoxy) is 4. The van der Waals surface area contributed by atoms with E-state index in [-0.39, 0.29) is 5.60 Å². The molecule has 1 aliphatic rings. The van der Waals surface area contributed by atoms with Gasteiger partial charge in [0.1, 0.15) is 5.60 Å². The molecule has 1 saturated heterocycles. The van der Waals surface area contributed by atoms with Crippen molar-refractivity contribution in [3.63, 3.8) is 0 Å². The van der Waals surface area contributed by atoms with Gasteiger partial charge in [0.05, 0.1) is 19.8 Å². The lowest BCUT2D eigenvalue weighted by Crippen LogP contribution is -2.48. The minimum absolute atomic E-state index is 0.284. The molecule has 102 valence electrons. The van der Waals surface area contributed by atoms with E-state index in [4.69, 9.17) is 24.7 Å². The molecule has 0 saturated carbocycles. The number of hydrogen-bond acceptors (Lipinski definition) is 5. The summed E-state index contributed by atoms with van der Waals surface area (Å²) < 4.78 is 21.6. The van der Waals surface area contributed by atoms with Gasteiger partial charge in [0.15, 0.2) is 0 Å². The van der Waals surface area contributed by atoms with Crippen LogP contribution in [0.5, 0.6) is 0 Å². The monoisotopic (exact) mass is 247 g/mol. The van der Waals surface area contributed by atoms with Crippen molar-refractivity contribution in [2.75, 3.05) is 53.3 Å². The molecule has 1 heterocycles. The molecule has 0 spiro atoms. The molecule has 1 fully saturated rings. The summed E-state index contributed by atoms with van der Waals surface area (Å²) in [6.45, 7) is 4.56. The third-order valence-corrected chi connectivity index (χ3v) is 2.93. The summed E-state index contributed by atoms with van der Waals surface area (Å²) in [6.07, 6.45) is 2.92. The van der Waals surface area contributed by atoms with Crippen LogP contribution in [0.4, 0.5) is 0 Å². The Morgan fingerprint density at radius 3 is 2.76 bits per heavy atom. The zero-order valence-electron chi connectivity index (χ0n) is 10.8. The number of methoxy groups -OCH3 is 1. The van der Waals surface area contributed by atoms with Crippen LogP contribution in [0.3, 0.4) is 0 Å². The van der Waals surface area contributed by atoms with Gasteiger partial charge in [-0.1, -0.05) is 0 Å². The van der Waals surface area contributed by atoms with Gasteiger partial charge in [0, 0.05) is 33.5 Å². The number of hydrogen-bond donors (Lipinski definition) is 1. The van der Waals surface area contributed by atoms with E-state index in [9.17, 15) is 0 Å². The minimum atomic E-state index is -0.284. The highest BCUT2D eigenvalue weighted by Gasteiger charge is 2.32. The Morgan fingerprint density at radius 1 is 1.24 bits per heavy atom. The molecule has 0 aromatic heterocycles. The first kappa shape index (κ1) is 14.9. The first-order valence-corrected chi connectivity index (χ1v) is 6.31. The van der Waals surface area contributed by atoms with Gasteiger partial charge in [0.25, 0.3) is 0 Å². The summed E-state index contributed by atoms with van der Waals surface area (Å²) in [6, 6.07) is 0. The molecule has 2 N–H and O–H groups in total. The molecular weight excluding hydrogens is 222 g/mol. The van der Waals surface area contributed by atoms with Gasteiger partial charge in [-0.05, 0) is 19.3 Å². The molecule has 0 radical (unpaired) electrons. The summed E-state index contributed by atoms with van der Waals surface area (Å²) >= 11 is 0. The first-order valence-electron chi connectivity index (χ1n) is 6.31. The van der Waals surface area contributed by atoms with E-state index in [0.29, 0.717) is 33.0 Å². The quantitative estimate of drug-likeness (QED) is 0.603. The summed E-state index contributed by atoms with van der Waals surface area (Å²) in [4.78, 5) is 0. The van der Waals surface area contributed by atoms with Gasteiger partial charge in [-0.15, -0.1) is 0 Å². The van der Waals surface area contributed by atoms with Crippen LogP contribution in [-0.4, -0.2) is 58.9 Å². The van der Waals surface area contributed by atoms with Crippen LogP contribution in [0.2, 0.25) is 0 Å². The normalized spacial score (nSPS) is 25.1. The fourth-order valence-corrected chi connectivity index (χ4v) is 1.88. The molecular formula is C12H25NO4. The highest BCUT2D eigenvalue weighted by Crippen LogP contribution is 2.22. The number of rotatable bonds is 9. The van der Waals surface area contributed by atoms with E-state index in [1.165, 1.54) is 0 Å². The summed E-state index contributed by atoms with van der Waals surface area (Å²) in [5.41, 5.74) is 5.47. The Labute approximate surface area is 104 Å². The van der Waals surface area contributed by atoms with Gasteiger partial charge in [-0.2, -0.15) is 0 Å². The van der Waals surface area contributed by atoms with E-state index < -0.39 is 0 Å². The first-order chi connectivity index (χ1) is 8.33. The standard InChI is InChI=1S/C12H25NO4/c1-14-5-3-7-15-8-9-17-12(10-13)4-2-6-16-11-12/h2-11,13H2,1H3. The Morgan fingerprint density at radius 2 is 2.12 bits per heavy atom. The molecule has 1 rings (SSSR count). The Bertz CT molecular complexity index is 183. The lowest BCUT2D eigenvalue weighted by molar-refractivity contribution is -0.132. The fourth-order valence-electron chi connectivity index (χ4n) is 1.88. The molecule has 0 aromatic carbocycles. The van der Waals surface area contributed by atoms with Crippen LogP contribution in [0.15, 0.2) is 0 Å². The lowest BCUT2D eigenvalue weighted by atomic mass is 9.97. The SMILES string of the molecule is COCCCOCCOC1(CN)CCCOC1. The van der Waals surface area contributed by atoms with Crippen LogP contribution in [-0.2, 0) is 18.9 Å². The second-order valence-electron chi connectivity index (χ2n) is 4.35. The van der Waals surface area contributed by atoms with E-state index in [1.807, 2.05) is 0 Å². The minimum Gasteiger partial charge on any atom is -0.385 e. The third kappa shape index (κ3) is 5.79. The zero-order chi connectivity index (χ0) is 12.4. The predicted molar refractivity (Wildman–Crippen MR) is 65.1 cm³/mol. The third-order valence-electron chi connectivity index (χ3n) is 2.93. The van der Waals surface area contributed by atoms with Crippen LogP contribution in [0.1, 0.15) is 19.3 Å². The van der Waals surface area contributed by atoms with Crippen molar-refractivity contribution in [1.82, 2.24) is 0 Å². The van der Waals surface area contributed by atoms with Crippen LogP contribution in [0, 0.1) is 0 Å². The lowest BCUT2D eigenvalue weighted by Gasteiger charge is -2.35. The van der Waals surface area contributed by atoms with Crippen molar-refractivity contribution in [2.24, 2.45) is 5.73 Å². The maximum atomic E-state index is 5.82. The van der Waals surface area contributed by atoms with Gasteiger partial charge < -0.3 is 24.7 Å². The molecule has 0 bridgehead atoms. The topological polar surface area (TPSA) is 62.9 Å². The molecule has 0 aromatic rings. The molecule has 0 aliphatic carbocycles. The molecule has 5 nitrogen and oxygen atoms in total. The molecule has 1 atom stereocenters. The molecule has 17 heavy (non-hydrogen) atoms. The summed E-state index contributed by atoms with van der Waals surface area (Å²) in [7, 11) is 1.69. The fraction of sp³-hybridized carbons (Fsp3) is 1.00.